The van der Waals surface area contributed by atoms with Crippen LogP contribution >= 0.6 is 0 Å². The van der Waals surface area contributed by atoms with Crippen LogP contribution in [0.15, 0.2) is 24.3 Å². The van der Waals surface area contributed by atoms with Gasteiger partial charge in [0.1, 0.15) is 0 Å². The first-order valence-corrected chi connectivity index (χ1v) is 7.13. The number of ketones is 1. The van der Waals surface area contributed by atoms with Crippen molar-refractivity contribution in [3.63, 3.8) is 0 Å². The molecule has 1 aromatic rings. The fourth-order valence-electron chi connectivity index (χ4n) is 2.89. The molecule has 3 nitrogen and oxygen atoms in total. The molecule has 3 heteroatoms. The largest absolute Gasteiger partial charge is 0.372 e. The number of hydrogen-bond acceptors (Lipinski definition) is 3. The van der Waals surface area contributed by atoms with Crippen LogP contribution < -0.4 is 10.2 Å². The minimum absolute atomic E-state index is 0.128. The molecular weight excluding hydrogens is 236 g/mol. The first-order chi connectivity index (χ1) is 9.11. The first-order valence-electron chi connectivity index (χ1n) is 7.13. The highest BCUT2D eigenvalue weighted by atomic mass is 16.1. The number of benzene rings is 1. The van der Waals surface area contributed by atoms with Crippen molar-refractivity contribution in [3.05, 3.63) is 29.8 Å². The highest BCUT2D eigenvalue weighted by Gasteiger charge is 2.23. The van der Waals surface area contributed by atoms with E-state index in [0.29, 0.717) is 12.1 Å². The average Bonchev–Trinajstić information content (AvgIpc) is 2.46. The van der Waals surface area contributed by atoms with E-state index in [9.17, 15) is 4.79 Å². The van der Waals surface area contributed by atoms with Gasteiger partial charge in [0.2, 0.25) is 0 Å². The van der Waals surface area contributed by atoms with E-state index in [1.54, 1.807) is 6.92 Å². The van der Waals surface area contributed by atoms with Crippen LogP contribution in [0.5, 0.6) is 0 Å². The Bertz CT molecular complexity index is 419. The Balaban J connectivity index is 1.99. The molecule has 0 heterocycles. The summed E-state index contributed by atoms with van der Waals surface area (Å²) in [6.45, 7) is 1.61. The summed E-state index contributed by atoms with van der Waals surface area (Å²) in [6.07, 6.45) is 4.96. The molecule has 1 aliphatic carbocycles. The number of hydrogen-bond donors (Lipinski definition) is 1. The molecule has 1 aromatic carbocycles. The molecular formula is C16H24N2O. The van der Waals surface area contributed by atoms with Crippen molar-refractivity contribution in [2.75, 3.05) is 19.0 Å². The molecule has 1 saturated carbocycles. The van der Waals surface area contributed by atoms with Gasteiger partial charge in [-0.3, -0.25) is 4.79 Å². The van der Waals surface area contributed by atoms with Crippen LogP contribution in [0.1, 0.15) is 43.0 Å². The van der Waals surface area contributed by atoms with Gasteiger partial charge in [-0.2, -0.15) is 0 Å². The fourth-order valence-corrected chi connectivity index (χ4v) is 2.89. The van der Waals surface area contributed by atoms with E-state index in [1.807, 2.05) is 12.1 Å². The van der Waals surface area contributed by atoms with E-state index in [4.69, 9.17) is 0 Å². The monoisotopic (exact) mass is 260 g/mol. The molecule has 1 N–H and O–H groups in total. The molecule has 0 aliphatic heterocycles. The van der Waals surface area contributed by atoms with Crippen molar-refractivity contribution in [1.82, 2.24) is 5.32 Å². The SMILES string of the molecule is CNC1CCC(N(C)c2ccc(C(C)=O)cc2)CC1. The summed E-state index contributed by atoms with van der Waals surface area (Å²) in [6, 6.07) is 9.26. The van der Waals surface area contributed by atoms with Crippen LogP contribution in [0.25, 0.3) is 0 Å². The Labute approximate surface area is 116 Å². The van der Waals surface area contributed by atoms with Gasteiger partial charge in [0.25, 0.3) is 0 Å². The molecule has 0 bridgehead atoms. The molecule has 0 saturated heterocycles. The lowest BCUT2D eigenvalue weighted by atomic mass is 9.90. The summed E-state index contributed by atoms with van der Waals surface area (Å²) in [5.41, 5.74) is 1.99. The highest BCUT2D eigenvalue weighted by Crippen LogP contribution is 2.26. The van der Waals surface area contributed by atoms with E-state index in [-0.39, 0.29) is 5.78 Å². The van der Waals surface area contributed by atoms with Crippen molar-refractivity contribution in [2.24, 2.45) is 0 Å². The van der Waals surface area contributed by atoms with Crippen LogP contribution in [-0.4, -0.2) is 32.0 Å². The zero-order chi connectivity index (χ0) is 13.8. The van der Waals surface area contributed by atoms with Crippen molar-refractivity contribution in [1.29, 1.82) is 0 Å². The molecule has 19 heavy (non-hydrogen) atoms. The Morgan fingerprint density at radius 2 is 1.74 bits per heavy atom. The van der Waals surface area contributed by atoms with Crippen molar-refractivity contribution >= 4 is 11.5 Å². The van der Waals surface area contributed by atoms with Crippen LogP contribution in [-0.2, 0) is 0 Å². The molecule has 0 spiro atoms. The van der Waals surface area contributed by atoms with Crippen molar-refractivity contribution < 1.29 is 4.79 Å². The highest BCUT2D eigenvalue weighted by molar-refractivity contribution is 5.94. The third kappa shape index (κ3) is 3.35. The van der Waals surface area contributed by atoms with Crippen molar-refractivity contribution in [3.8, 4) is 0 Å². The van der Waals surface area contributed by atoms with Crippen LogP contribution in [0.3, 0.4) is 0 Å². The van der Waals surface area contributed by atoms with E-state index in [1.165, 1.54) is 31.4 Å². The molecule has 2 rings (SSSR count). The first kappa shape index (κ1) is 14.1. The van der Waals surface area contributed by atoms with Gasteiger partial charge in [-0.15, -0.1) is 0 Å². The second-order valence-electron chi connectivity index (χ2n) is 5.51. The quantitative estimate of drug-likeness (QED) is 0.845. The average molecular weight is 260 g/mol. The maximum absolute atomic E-state index is 11.3. The number of anilines is 1. The lowest BCUT2D eigenvalue weighted by molar-refractivity contribution is 0.101. The number of nitrogens with one attached hydrogen (secondary N) is 1. The molecule has 0 aromatic heterocycles. The maximum atomic E-state index is 11.3. The summed E-state index contributed by atoms with van der Waals surface area (Å²) in [5, 5.41) is 3.37. The standard InChI is InChI=1S/C16H24N2O/c1-12(19)13-4-8-15(9-5-13)18(3)16-10-6-14(17-2)7-11-16/h4-5,8-9,14,16-17H,6-7,10-11H2,1-3H3. The topological polar surface area (TPSA) is 32.3 Å². The molecule has 1 aliphatic rings. The number of Topliss-reactive ketones (excluding diaryl/α,β-unsaturated/α-hetero) is 1. The van der Waals surface area contributed by atoms with Crippen LogP contribution in [0.4, 0.5) is 5.69 Å². The van der Waals surface area contributed by atoms with Gasteiger partial charge in [-0.1, -0.05) is 0 Å². The molecule has 0 radical (unpaired) electrons. The van der Waals surface area contributed by atoms with E-state index < -0.39 is 0 Å². The zero-order valence-electron chi connectivity index (χ0n) is 12.1. The summed E-state index contributed by atoms with van der Waals surface area (Å²) in [7, 11) is 4.21. The minimum atomic E-state index is 0.128. The Morgan fingerprint density at radius 3 is 2.21 bits per heavy atom. The third-order valence-corrected chi connectivity index (χ3v) is 4.33. The minimum Gasteiger partial charge on any atom is -0.372 e. The van der Waals surface area contributed by atoms with Crippen molar-refractivity contribution in [2.45, 2.75) is 44.7 Å². The van der Waals surface area contributed by atoms with Gasteiger partial charge < -0.3 is 10.2 Å². The second kappa shape index (κ2) is 6.20. The van der Waals surface area contributed by atoms with E-state index in [0.717, 1.165) is 5.56 Å². The molecule has 0 amide bonds. The van der Waals surface area contributed by atoms with E-state index in [2.05, 4.69) is 36.4 Å². The number of nitrogens with zero attached hydrogens (tertiary/aromatic N) is 1. The summed E-state index contributed by atoms with van der Waals surface area (Å²) in [5.74, 6) is 0.128. The van der Waals surface area contributed by atoms with Gasteiger partial charge in [-0.05, 0) is 63.9 Å². The summed E-state index contributed by atoms with van der Waals surface area (Å²) in [4.78, 5) is 13.6. The summed E-state index contributed by atoms with van der Waals surface area (Å²) < 4.78 is 0. The zero-order valence-corrected chi connectivity index (χ0v) is 12.1. The number of carbonyl (C=O) groups excluding carboxylic acids is 1. The molecule has 1 fully saturated rings. The lowest BCUT2D eigenvalue weighted by Crippen LogP contribution is -2.39. The lowest BCUT2D eigenvalue weighted by Gasteiger charge is -2.36. The Hall–Kier alpha value is -1.35. The summed E-state index contributed by atoms with van der Waals surface area (Å²) >= 11 is 0. The van der Waals surface area contributed by atoms with Crippen LogP contribution in [0, 0.1) is 0 Å². The molecule has 104 valence electrons. The van der Waals surface area contributed by atoms with Gasteiger partial charge in [0, 0.05) is 30.4 Å². The van der Waals surface area contributed by atoms with E-state index >= 15 is 0 Å². The predicted octanol–water partition coefficient (Wildman–Crippen LogP) is 2.86. The van der Waals surface area contributed by atoms with Gasteiger partial charge in [-0.25, -0.2) is 0 Å². The Morgan fingerprint density at radius 1 is 1.16 bits per heavy atom. The number of rotatable bonds is 4. The smallest absolute Gasteiger partial charge is 0.159 e. The fraction of sp³-hybridized carbons (Fsp3) is 0.562. The normalized spacial score (nSPS) is 23.1. The number of carbonyl (C=O) groups is 1. The maximum Gasteiger partial charge on any atom is 0.159 e. The van der Waals surface area contributed by atoms with Gasteiger partial charge in [0.15, 0.2) is 5.78 Å². The predicted molar refractivity (Wildman–Crippen MR) is 80.0 cm³/mol. The van der Waals surface area contributed by atoms with Gasteiger partial charge in [0.05, 0.1) is 0 Å². The van der Waals surface area contributed by atoms with Gasteiger partial charge >= 0.3 is 0 Å². The molecule has 0 unspecified atom stereocenters. The molecule has 0 atom stereocenters. The Kier molecular flexibility index (Phi) is 4.59. The third-order valence-electron chi connectivity index (χ3n) is 4.33. The second-order valence-corrected chi connectivity index (χ2v) is 5.51. The van der Waals surface area contributed by atoms with Crippen LogP contribution in [0.2, 0.25) is 0 Å².